The third kappa shape index (κ3) is 13.1. The van der Waals surface area contributed by atoms with Gasteiger partial charge in [0.2, 0.25) is 0 Å². The second-order valence-electron chi connectivity index (χ2n) is 18.0. The second-order valence-corrected chi connectivity index (χ2v) is 18.0. The van der Waals surface area contributed by atoms with Gasteiger partial charge in [0.1, 0.15) is 11.2 Å². The first-order chi connectivity index (χ1) is 24.4. The van der Waals surface area contributed by atoms with Crippen LogP contribution in [0.15, 0.2) is 48.5 Å². The number of carbonyl (C=O) groups is 2. The van der Waals surface area contributed by atoms with Gasteiger partial charge in [0, 0.05) is 24.2 Å². The first-order valence-electron chi connectivity index (χ1n) is 19.9. The van der Waals surface area contributed by atoms with Gasteiger partial charge in [-0.15, -0.1) is 0 Å². The normalized spacial score (nSPS) is 25.2. The minimum atomic E-state index is -0.464. The molecule has 52 heavy (non-hydrogen) atoms. The summed E-state index contributed by atoms with van der Waals surface area (Å²) in [5, 5.41) is 6.22. The number of nitrogens with one attached hydrogen (secondary N) is 2. The molecule has 0 aliphatic heterocycles. The van der Waals surface area contributed by atoms with Crippen LogP contribution in [0.3, 0.4) is 0 Å². The second kappa shape index (κ2) is 18.3. The highest BCUT2D eigenvalue weighted by molar-refractivity contribution is 5.68. The molecule has 8 heteroatoms. The van der Waals surface area contributed by atoms with E-state index in [0.29, 0.717) is 23.9 Å². The predicted octanol–water partition coefficient (Wildman–Crippen LogP) is 9.39. The van der Waals surface area contributed by atoms with E-state index in [2.05, 4.69) is 104 Å². The summed E-state index contributed by atoms with van der Waals surface area (Å²) in [5.41, 5.74) is 4.93. The van der Waals surface area contributed by atoms with Crippen LogP contribution >= 0.6 is 0 Å². The molecule has 0 saturated heterocycles. The van der Waals surface area contributed by atoms with Gasteiger partial charge in [-0.1, -0.05) is 61.9 Å². The standard InChI is InChI=1S/C22H34N2O2.C22H36N2O2/c1-22(2,3)26-21(25)23-19-12-11-18(14-20(19)24(4)5)17-8-6-7-16(13-17)15-9-10-15;1-7-9-16-10-8-11-17(14-16)18-12-13-19(20(15-18)24(5)6)23-21(25)26-22(2,3)4/h6-8,13,15,18-20H,9-12,14H2,1-5H3,(H,23,25);8,10-11,14,18-20H,7,9,12-13,15H2,1-6H3,(H,23,25)/t2*18?,19?,20-/m00/s1. The number of amides is 2. The fourth-order valence-corrected chi connectivity index (χ4v) is 8.07. The van der Waals surface area contributed by atoms with E-state index in [1.54, 1.807) is 0 Å². The lowest BCUT2D eigenvalue weighted by Crippen LogP contribution is -2.53. The molecule has 2 amide bonds. The van der Waals surface area contributed by atoms with Crippen LogP contribution in [0.2, 0.25) is 0 Å². The number of aryl methyl sites for hydroxylation is 1. The van der Waals surface area contributed by atoms with Crippen LogP contribution in [0, 0.1) is 0 Å². The molecule has 0 aromatic heterocycles. The fraction of sp³-hybridized carbons (Fsp3) is 0.682. The van der Waals surface area contributed by atoms with Gasteiger partial charge in [0.05, 0.1) is 0 Å². The minimum Gasteiger partial charge on any atom is -0.444 e. The first kappa shape index (κ1) is 41.7. The van der Waals surface area contributed by atoms with E-state index in [4.69, 9.17) is 9.47 Å². The molecule has 4 unspecified atom stereocenters. The van der Waals surface area contributed by atoms with E-state index in [-0.39, 0.29) is 24.3 Å². The zero-order valence-electron chi connectivity index (χ0n) is 34.3. The fourth-order valence-electron chi connectivity index (χ4n) is 8.07. The summed E-state index contributed by atoms with van der Waals surface area (Å²) in [4.78, 5) is 28.9. The van der Waals surface area contributed by atoms with Crippen LogP contribution in [0.4, 0.5) is 9.59 Å². The first-order valence-corrected chi connectivity index (χ1v) is 19.9. The summed E-state index contributed by atoms with van der Waals surface area (Å²) in [6.45, 7) is 13.6. The van der Waals surface area contributed by atoms with E-state index in [1.807, 2.05) is 41.5 Å². The summed E-state index contributed by atoms with van der Waals surface area (Å²) >= 11 is 0. The number of ether oxygens (including phenoxy) is 2. The Morgan fingerprint density at radius 3 is 1.44 bits per heavy atom. The number of alkyl carbamates (subject to hydrolysis) is 2. The van der Waals surface area contributed by atoms with Gasteiger partial charge in [0.25, 0.3) is 0 Å². The van der Waals surface area contributed by atoms with E-state index in [1.165, 1.54) is 41.5 Å². The van der Waals surface area contributed by atoms with E-state index in [9.17, 15) is 9.59 Å². The molecule has 3 saturated carbocycles. The van der Waals surface area contributed by atoms with E-state index < -0.39 is 11.2 Å². The molecule has 3 aliphatic rings. The molecule has 0 spiro atoms. The number of rotatable bonds is 9. The van der Waals surface area contributed by atoms with Gasteiger partial charge in [-0.3, -0.25) is 0 Å². The lowest BCUT2D eigenvalue weighted by molar-refractivity contribution is 0.0434. The Kier molecular flexibility index (Phi) is 14.7. The van der Waals surface area contributed by atoms with Crippen molar-refractivity contribution < 1.29 is 19.1 Å². The molecular weight excluding hydrogens is 649 g/mol. The van der Waals surface area contributed by atoms with Crippen molar-refractivity contribution in [2.75, 3.05) is 28.2 Å². The van der Waals surface area contributed by atoms with Crippen molar-refractivity contribution in [1.29, 1.82) is 0 Å². The topological polar surface area (TPSA) is 83.1 Å². The number of benzene rings is 2. The lowest BCUT2D eigenvalue weighted by Gasteiger charge is -2.40. The van der Waals surface area contributed by atoms with Crippen LogP contribution in [-0.4, -0.2) is 85.5 Å². The minimum absolute atomic E-state index is 0.134. The van der Waals surface area contributed by atoms with Crippen molar-refractivity contribution in [2.45, 2.75) is 166 Å². The van der Waals surface area contributed by atoms with Crippen LogP contribution in [-0.2, 0) is 15.9 Å². The highest BCUT2D eigenvalue weighted by atomic mass is 16.6. The third-order valence-electron chi connectivity index (χ3n) is 10.8. The van der Waals surface area contributed by atoms with Crippen molar-refractivity contribution >= 4 is 12.2 Å². The molecule has 2 aromatic rings. The Morgan fingerprint density at radius 1 is 0.635 bits per heavy atom. The van der Waals surface area contributed by atoms with Crippen molar-refractivity contribution in [1.82, 2.24) is 20.4 Å². The maximum absolute atomic E-state index is 12.2. The average Bonchev–Trinajstić information content (AvgIpc) is 3.90. The van der Waals surface area contributed by atoms with Gasteiger partial charge in [-0.25, -0.2) is 9.59 Å². The summed E-state index contributed by atoms with van der Waals surface area (Å²) in [6.07, 6.45) is 10.7. The maximum atomic E-state index is 12.2. The van der Waals surface area contributed by atoms with Crippen LogP contribution in [0.25, 0.3) is 0 Å². The van der Waals surface area contributed by atoms with Gasteiger partial charge >= 0.3 is 12.2 Å². The summed E-state index contributed by atoms with van der Waals surface area (Å²) in [7, 11) is 8.42. The zero-order chi connectivity index (χ0) is 38.2. The summed E-state index contributed by atoms with van der Waals surface area (Å²) in [6, 6.07) is 19.2. The van der Waals surface area contributed by atoms with Crippen LogP contribution in [0.1, 0.15) is 146 Å². The third-order valence-corrected chi connectivity index (χ3v) is 10.8. The van der Waals surface area contributed by atoms with Crippen molar-refractivity contribution in [3.8, 4) is 0 Å². The van der Waals surface area contributed by atoms with Crippen molar-refractivity contribution in [2.24, 2.45) is 0 Å². The Balaban J connectivity index is 0.000000233. The molecule has 290 valence electrons. The molecule has 3 aliphatic carbocycles. The van der Waals surface area contributed by atoms with Gasteiger partial charge in [-0.2, -0.15) is 0 Å². The number of hydrogen-bond donors (Lipinski definition) is 2. The lowest BCUT2D eigenvalue weighted by atomic mass is 9.78. The Labute approximate surface area is 315 Å². The Bertz CT molecular complexity index is 1440. The Morgan fingerprint density at radius 2 is 1.04 bits per heavy atom. The summed E-state index contributed by atoms with van der Waals surface area (Å²) in [5.74, 6) is 1.92. The van der Waals surface area contributed by atoms with Crippen molar-refractivity contribution in [3.05, 3.63) is 70.8 Å². The molecule has 0 bridgehead atoms. The molecule has 8 nitrogen and oxygen atoms in total. The SMILES string of the molecule is CCCc1cccc(C2CCC(NC(=O)OC(C)(C)C)[C@@H](N(C)C)C2)c1.CN(C)[C@H]1CC(c2cccc(C3CC3)c2)CCC1NC(=O)OC(C)(C)C. The number of carbonyl (C=O) groups excluding carboxylic acids is 2. The molecule has 5 rings (SSSR count). The van der Waals surface area contributed by atoms with Gasteiger partial charge in [-0.05, 0) is 168 Å². The predicted molar refractivity (Wildman–Crippen MR) is 213 cm³/mol. The Hall–Kier alpha value is -3.10. The molecule has 3 fully saturated rings. The molecular formula is C44H70N4O4. The molecule has 0 heterocycles. The molecule has 2 aromatic carbocycles. The monoisotopic (exact) mass is 719 g/mol. The number of hydrogen-bond acceptors (Lipinski definition) is 6. The maximum Gasteiger partial charge on any atom is 0.407 e. The van der Waals surface area contributed by atoms with Gasteiger partial charge < -0.3 is 29.9 Å². The van der Waals surface area contributed by atoms with Crippen LogP contribution in [0.5, 0.6) is 0 Å². The highest BCUT2D eigenvalue weighted by Crippen LogP contribution is 2.42. The number of likely N-dealkylation sites (N-methyl/N-ethyl adjacent to an activating group) is 2. The largest absolute Gasteiger partial charge is 0.444 e. The number of nitrogens with zero attached hydrogens (tertiary/aromatic N) is 2. The summed E-state index contributed by atoms with van der Waals surface area (Å²) < 4.78 is 10.9. The zero-order valence-corrected chi connectivity index (χ0v) is 34.3. The van der Waals surface area contributed by atoms with Gasteiger partial charge in [0.15, 0.2) is 0 Å². The highest BCUT2D eigenvalue weighted by Gasteiger charge is 2.36. The van der Waals surface area contributed by atoms with Crippen LogP contribution < -0.4 is 10.6 Å². The molecule has 0 radical (unpaired) electrons. The van der Waals surface area contributed by atoms with E-state index in [0.717, 1.165) is 50.9 Å². The smallest absolute Gasteiger partial charge is 0.407 e. The average molecular weight is 719 g/mol. The quantitative estimate of drug-likeness (QED) is 0.269. The van der Waals surface area contributed by atoms with E-state index >= 15 is 0 Å². The molecule has 6 atom stereocenters. The van der Waals surface area contributed by atoms with Crippen molar-refractivity contribution in [3.63, 3.8) is 0 Å². The molecule has 2 N–H and O–H groups in total.